The number of aromatic amines is 1. The van der Waals surface area contributed by atoms with Crippen LogP contribution in [0.1, 0.15) is 31.2 Å². The molecular formula is C22H27N7O2S. The number of aromatic nitrogens is 4. The van der Waals surface area contributed by atoms with Gasteiger partial charge >= 0.3 is 0 Å². The van der Waals surface area contributed by atoms with Crippen molar-refractivity contribution >= 4 is 10.0 Å². The van der Waals surface area contributed by atoms with Crippen molar-refractivity contribution < 1.29 is 8.42 Å². The molecule has 2 aliphatic heterocycles. The van der Waals surface area contributed by atoms with Crippen molar-refractivity contribution in [3.05, 3.63) is 48.0 Å². The Morgan fingerprint density at radius 3 is 2.47 bits per heavy atom. The Balaban J connectivity index is 1.37. The van der Waals surface area contributed by atoms with Gasteiger partial charge in [-0.1, -0.05) is 36.4 Å². The SMILES string of the molecule is CN1[C@@H]2CC[C@H]1C[C@@H](NCc1ccc(-c3cccc(S(N)(=O)=O)c3-c3nnn[nH]3)cc1)C2. The molecule has 3 atom stereocenters. The molecule has 168 valence electrons. The number of nitrogens with zero attached hydrogens (tertiary/aromatic N) is 4. The lowest BCUT2D eigenvalue weighted by molar-refractivity contribution is 0.148. The molecule has 3 aromatic rings. The molecule has 2 bridgehead atoms. The van der Waals surface area contributed by atoms with Gasteiger partial charge in [-0.3, -0.25) is 0 Å². The first kappa shape index (κ1) is 21.2. The number of fused-ring (bicyclic) bond motifs is 2. The highest BCUT2D eigenvalue weighted by Crippen LogP contribution is 2.36. The van der Waals surface area contributed by atoms with E-state index in [0.717, 1.165) is 12.1 Å². The van der Waals surface area contributed by atoms with E-state index in [0.29, 0.717) is 29.3 Å². The van der Waals surface area contributed by atoms with Crippen molar-refractivity contribution in [2.24, 2.45) is 5.14 Å². The van der Waals surface area contributed by atoms with E-state index < -0.39 is 10.0 Å². The molecule has 2 saturated heterocycles. The summed E-state index contributed by atoms with van der Waals surface area (Å²) >= 11 is 0. The quantitative estimate of drug-likeness (QED) is 0.520. The van der Waals surface area contributed by atoms with Crippen LogP contribution in [0.3, 0.4) is 0 Å². The van der Waals surface area contributed by atoms with Gasteiger partial charge in [0.05, 0.1) is 4.90 Å². The van der Waals surface area contributed by atoms with Crippen LogP contribution >= 0.6 is 0 Å². The second-order valence-electron chi connectivity index (χ2n) is 8.77. The van der Waals surface area contributed by atoms with Gasteiger partial charge < -0.3 is 10.2 Å². The predicted octanol–water partition coefficient (Wildman–Crippen LogP) is 1.90. The monoisotopic (exact) mass is 453 g/mol. The number of nitrogens with one attached hydrogen (secondary N) is 2. The van der Waals surface area contributed by atoms with Gasteiger partial charge in [0, 0.05) is 30.2 Å². The highest BCUT2D eigenvalue weighted by atomic mass is 32.2. The van der Waals surface area contributed by atoms with Gasteiger partial charge in [-0.05, 0) is 65.9 Å². The maximum atomic E-state index is 12.2. The summed E-state index contributed by atoms with van der Waals surface area (Å²) < 4.78 is 24.4. The number of nitrogens with two attached hydrogens (primary N) is 1. The van der Waals surface area contributed by atoms with Crippen LogP contribution < -0.4 is 10.5 Å². The van der Waals surface area contributed by atoms with Crippen molar-refractivity contribution in [2.75, 3.05) is 7.05 Å². The van der Waals surface area contributed by atoms with Crippen LogP contribution in [-0.2, 0) is 16.6 Å². The molecule has 1 aromatic heterocycles. The average molecular weight is 454 g/mol. The summed E-state index contributed by atoms with van der Waals surface area (Å²) in [4.78, 5) is 2.53. The fourth-order valence-electron chi connectivity index (χ4n) is 5.16. The highest BCUT2D eigenvalue weighted by molar-refractivity contribution is 7.89. The molecule has 32 heavy (non-hydrogen) atoms. The van der Waals surface area contributed by atoms with Crippen LogP contribution in [0.2, 0.25) is 0 Å². The standard InChI is InChI=1S/C22H27N7O2S/c1-29-17-9-10-18(29)12-16(11-17)24-13-14-5-7-15(8-6-14)19-3-2-4-20(32(23,30)31)21(19)22-25-27-28-26-22/h2-8,16-18,24H,9-13H2,1H3,(H2,23,30,31)(H,25,26,27,28)/t16-,17+,18-. The van der Waals surface area contributed by atoms with E-state index in [9.17, 15) is 8.42 Å². The lowest BCUT2D eigenvalue weighted by Gasteiger charge is -2.36. The summed E-state index contributed by atoms with van der Waals surface area (Å²) in [6.07, 6.45) is 5.05. The molecule has 4 N–H and O–H groups in total. The van der Waals surface area contributed by atoms with Gasteiger partial charge in [-0.25, -0.2) is 18.7 Å². The van der Waals surface area contributed by atoms with E-state index in [1.807, 2.05) is 18.2 Å². The molecule has 2 fully saturated rings. The number of piperidine rings is 1. The number of primary sulfonamides is 1. The van der Waals surface area contributed by atoms with Crippen LogP contribution in [0.5, 0.6) is 0 Å². The second-order valence-corrected chi connectivity index (χ2v) is 10.3. The fraction of sp³-hybridized carbons (Fsp3) is 0.409. The maximum Gasteiger partial charge on any atom is 0.238 e. The molecule has 0 aliphatic carbocycles. The van der Waals surface area contributed by atoms with Crippen molar-refractivity contribution in [3.8, 4) is 22.5 Å². The number of H-pyrrole nitrogens is 1. The molecule has 3 heterocycles. The molecule has 10 heteroatoms. The van der Waals surface area contributed by atoms with E-state index in [1.165, 1.54) is 37.3 Å². The topological polar surface area (TPSA) is 130 Å². The molecule has 2 aromatic carbocycles. The number of sulfonamides is 1. The van der Waals surface area contributed by atoms with Crippen LogP contribution in [0.25, 0.3) is 22.5 Å². The summed E-state index contributed by atoms with van der Waals surface area (Å²) in [5.41, 5.74) is 3.11. The van der Waals surface area contributed by atoms with E-state index in [4.69, 9.17) is 5.14 Å². The summed E-state index contributed by atoms with van der Waals surface area (Å²) in [7, 11) is -1.70. The van der Waals surface area contributed by atoms with E-state index in [-0.39, 0.29) is 10.7 Å². The molecule has 2 aliphatic rings. The highest BCUT2D eigenvalue weighted by Gasteiger charge is 2.38. The Morgan fingerprint density at radius 1 is 1.12 bits per heavy atom. The number of hydrogen-bond acceptors (Lipinski definition) is 7. The third kappa shape index (κ3) is 4.06. The smallest absolute Gasteiger partial charge is 0.238 e. The zero-order valence-electron chi connectivity index (χ0n) is 17.9. The van der Waals surface area contributed by atoms with Gasteiger partial charge in [-0.15, -0.1) is 5.10 Å². The molecule has 5 rings (SSSR count). The zero-order chi connectivity index (χ0) is 22.3. The minimum atomic E-state index is -3.96. The first-order chi connectivity index (χ1) is 15.4. The third-order valence-corrected chi connectivity index (χ3v) is 7.83. The minimum Gasteiger partial charge on any atom is -0.310 e. The Kier molecular flexibility index (Phi) is 5.54. The maximum absolute atomic E-state index is 12.2. The van der Waals surface area contributed by atoms with Crippen molar-refractivity contribution in [3.63, 3.8) is 0 Å². The van der Waals surface area contributed by atoms with Crippen LogP contribution in [0.4, 0.5) is 0 Å². The van der Waals surface area contributed by atoms with Crippen molar-refractivity contribution in [1.82, 2.24) is 30.8 Å². The number of tetrazole rings is 1. The van der Waals surface area contributed by atoms with Crippen LogP contribution in [0.15, 0.2) is 47.4 Å². The lowest BCUT2D eigenvalue weighted by Crippen LogP contribution is -2.46. The summed E-state index contributed by atoms with van der Waals surface area (Å²) in [5, 5.41) is 22.9. The van der Waals surface area contributed by atoms with Gasteiger partial charge in [0.15, 0.2) is 5.82 Å². The van der Waals surface area contributed by atoms with E-state index in [1.54, 1.807) is 6.07 Å². The fourth-order valence-corrected chi connectivity index (χ4v) is 5.92. The number of benzene rings is 2. The molecule has 0 spiro atoms. The van der Waals surface area contributed by atoms with Crippen LogP contribution in [0, 0.1) is 0 Å². The Morgan fingerprint density at radius 2 is 1.84 bits per heavy atom. The summed E-state index contributed by atoms with van der Waals surface area (Å²) in [5.74, 6) is 0.257. The number of hydrogen-bond donors (Lipinski definition) is 3. The normalized spacial score (nSPS) is 23.5. The molecule has 0 amide bonds. The molecule has 0 unspecified atom stereocenters. The van der Waals surface area contributed by atoms with E-state index in [2.05, 4.69) is 50.0 Å². The Hall–Kier alpha value is -2.66. The van der Waals surface area contributed by atoms with Gasteiger partial charge in [-0.2, -0.15) is 0 Å². The van der Waals surface area contributed by atoms with Gasteiger partial charge in [0.25, 0.3) is 0 Å². The van der Waals surface area contributed by atoms with Crippen molar-refractivity contribution in [1.29, 1.82) is 0 Å². The summed E-state index contributed by atoms with van der Waals surface area (Å²) in [6.45, 7) is 0.810. The first-order valence-corrected chi connectivity index (χ1v) is 12.4. The largest absolute Gasteiger partial charge is 0.310 e. The molecule has 0 saturated carbocycles. The molecule has 0 radical (unpaired) electrons. The third-order valence-electron chi connectivity index (χ3n) is 6.87. The minimum absolute atomic E-state index is 0.0174. The summed E-state index contributed by atoms with van der Waals surface area (Å²) in [6, 6.07) is 15.1. The predicted molar refractivity (Wildman–Crippen MR) is 121 cm³/mol. The molecular weight excluding hydrogens is 426 g/mol. The van der Waals surface area contributed by atoms with Gasteiger partial charge in [0.2, 0.25) is 10.0 Å². The number of rotatable bonds is 6. The Labute approximate surface area is 187 Å². The second kappa shape index (κ2) is 8.36. The van der Waals surface area contributed by atoms with Gasteiger partial charge in [0.1, 0.15) is 0 Å². The molecule has 9 nitrogen and oxygen atoms in total. The van der Waals surface area contributed by atoms with Crippen molar-refractivity contribution in [2.45, 2.75) is 55.2 Å². The zero-order valence-corrected chi connectivity index (χ0v) is 18.7. The Bertz CT molecular complexity index is 1180. The van der Waals surface area contributed by atoms with E-state index >= 15 is 0 Å². The van der Waals surface area contributed by atoms with Crippen LogP contribution in [-0.4, -0.2) is 59.1 Å². The lowest BCUT2D eigenvalue weighted by atomic mass is 9.97. The first-order valence-electron chi connectivity index (χ1n) is 10.8. The average Bonchev–Trinajstić information content (AvgIpc) is 3.37.